The SMILES string of the molecule is CC(NC(=O)OCc1ccccc1)C(=O)O.O=C(O)CO. The van der Waals surface area contributed by atoms with Crippen LogP contribution in [0.25, 0.3) is 0 Å². The lowest BCUT2D eigenvalue weighted by Gasteiger charge is -2.09. The molecule has 4 N–H and O–H groups in total. The Morgan fingerprint density at radius 3 is 2.14 bits per heavy atom. The van der Waals surface area contributed by atoms with Gasteiger partial charge in [0.1, 0.15) is 19.3 Å². The molecule has 1 unspecified atom stereocenters. The van der Waals surface area contributed by atoms with E-state index in [0.717, 1.165) is 5.56 Å². The molecule has 0 saturated heterocycles. The first-order valence-corrected chi connectivity index (χ1v) is 5.89. The average molecular weight is 299 g/mol. The van der Waals surface area contributed by atoms with Gasteiger partial charge >= 0.3 is 18.0 Å². The van der Waals surface area contributed by atoms with Crippen LogP contribution >= 0.6 is 0 Å². The number of hydrogen-bond donors (Lipinski definition) is 4. The number of aliphatic hydroxyl groups excluding tert-OH is 1. The summed E-state index contributed by atoms with van der Waals surface area (Å²) in [5.74, 6) is -2.29. The summed E-state index contributed by atoms with van der Waals surface area (Å²) < 4.78 is 4.84. The number of ether oxygens (including phenoxy) is 1. The summed E-state index contributed by atoms with van der Waals surface area (Å²) in [6.07, 6.45) is -0.737. The number of carboxylic acid groups (broad SMARTS) is 2. The van der Waals surface area contributed by atoms with Gasteiger partial charge in [-0.15, -0.1) is 0 Å². The molecule has 1 rings (SSSR count). The van der Waals surface area contributed by atoms with Crippen LogP contribution in [-0.4, -0.2) is 46.0 Å². The Balaban J connectivity index is 0.000000690. The number of carboxylic acids is 2. The van der Waals surface area contributed by atoms with Crippen LogP contribution in [0.1, 0.15) is 12.5 Å². The molecular weight excluding hydrogens is 282 g/mol. The van der Waals surface area contributed by atoms with Gasteiger partial charge in [-0.1, -0.05) is 30.3 Å². The number of hydrogen-bond acceptors (Lipinski definition) is 5. The van der Waals surface area contributed by atoms with Crippen LogP contribution in [-0.2, 0) is 20.9 Å². The van der Waals surface area contributed by atoms with Crippen molar-refractivity contribution in [1.82, 2.24) is 5.32 Å². The summed E-state index contributed by atoms with van der Waals surface area (Å²) in [5.41, 5.74) is 0.848. The van der Waals surface area contributed by atoms with Crippen LogP contribution in [0.15, 0.2) is 30.3 Å². The minimum Gasteiger partial charge on any atom is -0.480 e. The molecule has 1 atom stereocenters. The zero-order valence-electron chi connectivity index (χ0n) is 11.4. The van der Waals surface area contributed by atoms with Gasteiger partial charge in [0.15, 0.2) is 0 Å². The lowest BCUT2D eigenvalue weighted by atomic mass is 10.2. The number of nitrogens with one attached hydrogen (secondary N) is 1. The molecule has 0 bridgehead atoms. The minimum absolute atomic E-state index is 0.124. The molecule has 0 aliphatic heterocycles. The third-order valence-electron chi connectivity index (χ3n) is 2.05. The second kappa shape index (κ2) is 10.2. The molecule has 0 radical (unpaired) electrons. The van der Waals surface area contributed by atoms with Crippen molar-refractivity contribution in [3.05, 3.63) is 35.9 Å². The fourth-order valence-corrected chi connectivity index (χ4v) is 1.00. The van der Waals surface area contributed by atoms with E-state index in [1.165, 1.54) is 6.92 Å². The summed E-state index contributed by atoms with van der Waals surface area (Å²) in [6.45, 7) is 0.713. The lowest BCUT2D eigenvalue weighted by molar-refractivity contribution is -0.140. The van der Waals surface area contributed by atoms with E-state index in [1.807, 2.05) is 30.3 Å². The number of aliphatic hydroxyl groups is 1. The Hall–Kier alpha value is -2.61. The van der Waals surface area contributed by atoms with Crippen LogP contribution in [0.2, 0.25) is 0 Å². The Morgan fingerprint density at radius 1 is 1.19 bits per heavy atom. The maximum atomic E-state index is 11.1. The molecular formula is C13H17NO7. The summed E-state index contributed by atoms with van der Waals surface area (Å²) in [7, 11) is 0. The molecule has 0 saturated carbocycles. The maximum absolute atomic E-state index is 11.1. The van der Waals surface area contributed by atoms with E-state index in [2.05, 4.69) is 5.32 Å². The van der Waals surface area contributed by atoms with Crippen molar-refractivity contribution in [2.45, 2.75) is 19.6 Å². The van der Waals surface area contributed by atoms with Crippen molar-refractivity contribution in [2.75, 3.05) is 6.61 Å². The molecule has 1 aromatic rings. The largest absolute Gasteiger partial charge is 0.480 e. The number of alkyl carbamates (subject to hydrolysis) is 1. The average Bonchev–Trinajstić information content (AvgIpc) is 2.46. The van der Waals surface area contributed by atoms with Gasteiger partial charge in [0.2, 0.25) is 0 Å². The Labute approximate surface area is 121 Å². The standard InChI is InChI=1S/C11H13NO4.C2H4O3/c1-8(10(13)14)12-11(15)16-7-9-5-3-2-4-6-9;3-1-2(4)5/h2-6,8H,7H2,1H3,(H,12,15)(H,13,14);3H,1H2,(H,4,5). The summed E-state index contributed by atoms with van der Waals surface area (Å²) in [5, 5.41) is 25.8. The molecule has 0 aromatic heterocycles. The highest BCUT2D eigenvalue weighted by Crippen LogP contribution is 2.00. The lowest BCUT2D eigenvalue weighted by Crippen LogP contribution is -2.38. The fourth-order valence-electron chi connectivity index (χ4n) is 1.00. The fraction of sp³-hybridized carbons (Fsp3) is 0.308. The van der Waals surface area contributed by atoms with E-state index in [0.29, 0.717) is 0 Å². The third-order valence-corrected chi connectivity index (χ3v) is 2.05. The smallest absolute Gasteiger partial charge is 0.408 e. The number of aliphatic carboxylic acids is 2. The van der Waals surface area contributed by atoms with E-state index < -0.39 is 30.7 Å². The first-order valence-electron chi connectivity index (χ1n) is 5.89. The van der Waals surface area contributed by atoms with Crippen LogP contribution in [0.4, 0.5) is 4.79 Å². The van der Waals surface area contributed by atoms with Gasteiger partial charge in [0, 0.05) is 0 Å². The highest BCUT2D eigenvalue weighted by molar-refractivity contribution is 5.79. The summed E-state index contributed by atoms with van der Waals surface area (Å²) in [4.78, 5) is 30.7. The van der Waals surface area contributed by atoms with Crippen molar-refractivity contribution in [2.24, 2.45) is 0 Å². The van der Waals surface area contributed by atoms with Gasteiger partial charge in [-0.25, -0.2) is 9.59 Å². The van der Waals surface area contributed by atoms with Crippen molar-refractivity contribution < 1.29 is 34.4 Å². The van der Waals surface area contributed by atoms with Crippen LogP contribution in [0, 0.1) is 0 Å². The van der Waals surface area contributed by atoms with E-state index in [1.54, 1.807) is 0 Å². The molecule has 0 aliphatic rings. The highest BCUT2D eigenvalue weighted by Gasteiger charge is 2.14. The van der Waals surface area contributed by atoms with Crippen LogP contribution in [0.3, 0.4) is 0 Å². The van der Waals surface area contributed by atoms with Crippen LogP contribution in [0.5, 0.6) is 0 Å². The van der Waals surface area contributed by atoms with Gasteiger partial charge in [-0.3, -0.25) is 4.79 Å². The molecule has 8 nitrogen and oxygen atoms in total. The third kappa shape index (κ3) is 9.91. The number of benzene rings is 1. The first-order chi connectivity index (χ1) is 9.86. The first kappa shape index (κ1) is 18.4. The second-order valence-electron chi connectivity index (χ2n) is 3.82. The van der Waals surface area contributed by atoms with E-state index >= 15 is 0 Å². The normalized spacial score (nSPS) is 10.6. The number of carbonyl (C=O) groups excluding carboxylic acids is 1. The Kier molecular flexibility index (Phi) is 8.94. The summed E-state index contributed by atoms with van der Waals surface area (Å²) in [6, 6.07) is 8.19. The molecule has 0 aliphatic carbocycles. The molecule has 0 heterocycles. The molecule has 0 spiro atoms. The maximum Gasteiger partial charge on any atom is 0.408 e. The molecule has 8 heteroatoms. The zero-order valence-corrected chi connectivity index (χ0v) is 11.4. The van der Waals surface area contributed by atoms with E-state index in [9.17, 15) is 9.59 Å². The second-order valence-corrected chi connectivity index (χ2v) is 3.82. The summed E-state index contributed by atoms with van der Waals surface area (Å²) >= 11 is 0. The van der Waals surface area contributed by atoms with E-state index in [-0.39, 0.29) is 6.61 Å². The van der Waals surface area contributed by atoms with E-state index in [4.69, 9.17) is 24.9 Å². The number of rotatable bonds is 5. The quantitative estimate of drug-likeness (QED) is 0.620. The van der Waals surface area contributed by atoms with Gasteiger partial charge in [0.05, 0.1) is 0 Å². The minimum atomic E-state index is -1.19. The van der Waals surface area contributed by atoms with Crippen LogP contribution < -0.4 is 5.32 Å². The number of carbonyl (C=O) groups is 3. The van der Waals surface area contributed by atoms with Gasteiger partial charge in [-0.05, 0) is 12.5 Å². The van der Waals surface area contributed by atoms with Crippen molar-refractivity contribution in [3.63, 3.8) is 0 Å². The molecule has 21 heavy (non-hydrogen) atoms. The molecule has 1 amide bonds. The van der Waals surface area contributed by atoms with Gasteiger partial charge in [0.25, 0.3) is 0 Å². The molecule has 0 fully saturated rings. The zero-order chi connectivity index (χ0) is 16.3. The van der Waals surface area contributed by atoms with Gasteiger partial charge in [-0.2, -0.15) is 0 Å². The predicted molar refractivity (Wildman–Crippen MR) is 71.6 cm³/mol. The monoisotopic (exact) mass is 299 g/mol. The van der Waals surface area contributed by atoms with Crippen molar-refractivity contribution in [1.29, 1.82) is 0 Å². The van der Waals surface area contributed by atoms with Gasteiger partial charge < -0.3 is 25.4 Å². The highest BCUT2D eigenvalue weighted by atomic mass is 16.5. The molecule has 1 aromatic carbocycles. The van der Waals surface area contributed by atoms with Crippen molar-refractivity contribution >= 4 is 18.0 Å². The number of amides is 1. The Morgan fingerprint density at radius 2 is 1.71 bits per heavy atom. The van der Waals surface area contributed by atoms with Crippen molar-refractivity contribution in [3.8, 4) is 0 Å². The topological polar surface area (TPSA) is 133 Å². The molecule has 116 valence electrons. The Bertz CT molecular complexity index is 461. The predicted octanol–water partition coefficient (Wildman–Crippen LogP) is 0.449.